The second kappa shape index (κ2) is 8.23. The van der Waals surface area contributed by atoms with E-state index in [1.54, 1.807) is 59.4 Å². The maximum atomic E-state index is 13.2. The Labute approximate surface area is 186 Å². The summed E-state index contributed by atoms with van der Waals surface area (Å²) in [7, 11) is 0. The van der Waals surface area contributed by atoms with Gasteiger partial charge in [-0.05, 0) is 61.5 Å². The fraction of sp³-hybridized carbons (Fsp3) is 0.130. The molecule has 0 spiro atoms. The second-order valence-corrected chi connectivity index (χ2v) is 7.30. The van der Waals surface area contributed by atoms with Crippen LogP contribution in [0.3, 0.4) is 0 Å². The molecule has 0 saturated carbocycles. The van der Waals surface area contributed by atoms with Crippen molar-refractivity contribution in [1.29, 1.82) is 0 Å². The van der Waals surface area contributed by atoms with Gasteiger partial charge in [0.15, 0.2) is 5.65 Å². The van der Waals surface area contributed by atoms with E-state index in [9.17, 15) is 14.0 Å². The number of aromatic nitrogens is 5. The largest absolute Gasteiger partial charge is 0.494 e. The summed E-state index contributed by atoms with van der Waals surface area (Å²) in [5.41, 5.74) is 2.42. The van der Waals surface area contributed by atoms with Crippen molar-refractivity contribution in [1.82, 2.24) is 23.8 Å². The van der Waals surface area contributed by atoms with Crippen LogP contribution >= 0.6 is 0 Å². The minimum absolute atomic E-state index is 0.251. The summed E-state index contributed by atoms with van der Waals surface area (Å²) in [6.45, 7) is 2.20. The Balaban J connectivity index is 1.42. The third-order valence-electron chi connectivity index (χ3n) is 5.07. The Bertz CT molecular complexity index is 1520. The van der Waals surface area contributed by atoms with Gasteiger partial charge in [-0.3, -0.25) is 4.79 Å². The summed E-state index contributed by atoms with van der Waals surface area (Å²) in [4.78, 5) is 25.3. The lowest BCUT2D eigenvalue weighted by molar-refractivity contribution is -0.117. The highest BCUT2D eigenvalue weighted by Crippen LogP contribution is 2.21. The van der Waals surface area contributed by atoms with Gasteiger partial charge in [0.2, 0.25) is 5.91 Å². The molecular weight excluding hydrogens is 427 g/mol. The van der Waals surface area contributed by atoms with Crippen LogP contribution in [0.1, 0.15) is 6.92 Å². The molecule has 0 aliphatic rings. The smallest absolute Gasteiger partial charge is 0.350 e. The predicted octanol–water partition coefficient (Wildman–Crippen LogP) is 2.99. The zero-order valence-electron chi connectivity index (χ0n) is 17.6. The molecule has 166 valence electrons. The highest BCUT2D eigenvalue weighted by Gasteiger charge is 2.15. The first kappa shape index (κ1) is 20.4. The van der Waals surface area contributed by atoms with E-state index in [1.807, 2.05) is 6.92 Å². The molecular formula is C23H19FN6O3. The van der Waals surface area contributed by atoms with Crippen LogP contribution < -0.4 is 15.7 Å². The number of carbonyl (C=O) groups excluding carboxylic acids is 1. The van der Waals surface area contributed by atoms with Crippen LogP contribution in [0.25, 0.3) is 22.4 Å². The molecule has 0 atom stereocenters. The van der Waals surface area contributed by atoms with Gasteiger partial charge < -0.3 is 10.1 Å². The van der Waals surface area contributed by atoms with Crippen molar-refractivity contribution in [2.45, 2.75) is 13.5 Å². The third-order valence-corrected chi connectivity index (χ3v) is 5.07. The normalized spacial score (nSPS) is 11.2. The van der Waals surface area contributed by atoms with Crippen LogP contribution in [0, 0.1) is 5.82 Å². The summed E-state index contributed by atoms with van der Waals surface area (Å²) in [5.74, 6) is -0.0168. The summed E-state index contributed by atoms with van der Waals surface area (Å²) in [5, 5.41) is 11.6. The Kier molecular flexibility index (Phi) is 5.09. The maximum Gasteiger partial charge on any atom is 0.350 e. The van der Waals surface area contributed by atoms with Gasteiger partial charge in [-0.2, -0.15) is 5.10 Å². The van der Waals surface area contributed by atoms with Crippen molar-refractivity contribution < 1.29 is 13.9 Å². The van der Waals surface area contributed by atoms with E-state index in [-0.39, 0.29) is 18.3 Å². The monoisotopic (exact) mass is 446 g/mol. The SMILES string of the molecule is CCOc1ccc(NC(=O)Cn2nc3c4cc(-c5ccc(F)cc5)nn4ccn3c2=O)cc1. The highest BCUT2D eigenvalue weighted by molar-refractivity contribution is 5.90. The van der Waals surface area contributed by atoms with Crippen molar-refractivity contribution in [3.8, 4) is 17.0 Å². The molecule has 0 aliphatic carbocycles. The molecule has 3 aromatic heterocycles. The van der Waals surface area contributed by atoms with E-state index in [1.165, 1.54) is 16.5 Å². The summed E-state index contributed by atoms with van der Waals surface area (Å²) in [6, 6.07) is 14.7. The number of anilines is 1. The van der Waals surface area contributed by atoms with Crippen LogP contribution in [-0.4, -0.2) is 36.3 Å². The number of hydrogen-bond acceptors (Lipinski definition) is 5. The first-order valence-corrected chi connectivity index (χ1v) is 10.3. The van der Waals surface area contributed by atoms with Crippen LogP contribution in [0.4, 0.5) is 10.1 Å². The van der Waals surface area contributed by atoms with Gasteiger partial charge in [-0.1, -0.05) is 0 Å². The van der Waals surface area contributed by atoms with E-state index in [0.717, 1.165) is 10.2 Å². The Hall–Kier alpha value is -4.47. The fourth-order valence-electron chi connectivity index (χ4n) is 3.54. The summed E-state index contributed by atoms with van der Waals surface area (Å²) in [6.07, 6.45) is 3.17. The van der Waals surface area contributed by atoms with Gasteiger partial charge in [0.25, 0.3) is 0 Å². The molecule has 1 amide bonds. The molecule has 33 heavy (non-hydrogen) atoms. The van der Waals surface area contributed by atoms with Crippen LogP contribution in [0.5, 0.6) is 5.75 Å². The van der Waals surface area contributed by atoms with E-state index in [0.29, 0.717) is 34.9 Å². The Morgan fingerprint density at radius 2 is 1.82 bits per heavy atom. The van der Waals surface area contributed by atoms with Gasteiger partial charge >= 0.3 is 5.69 Å². The van der Waals surface area contributed by atoms with Crippen LogP contribution in [0.15, 0.2) is 71.8 Å². The summed E-state index contributed by atoms with van der Waals surface area (Å²) < 4.78 is 22.7. The molecule has 10 heteroatoms. The number of rotatable bonds is 6. The lowest BCUT2D eigenvalue weighted by Crippen LogP contribution is -2.28. The molecule has 0 aliphatic heterocycles. The van der Waals surface area contributed by atoms with E-state index in [2.05, 4.69) is 15.5 Å². The van der Waals surface area contributed by atoms with Crippen LogP contribution in [-0.2, 0) is 11.3 Å². The molecule has 9 nitrogen and oxygen atoms in total. The molecule has 5 rings (SSSR count). The first-order valence-electron chi connectivity index (χ1n) is 10.3. The predicted molar refractivity (Wildman–Crippen MR) is 120 cm³/mol. The molecule has 0 unspecified atom stereocenters. The molecule has 5 aromatic rings. The fourth-order valence-corrected chi connectivity index (χ4v) is 3.54. The second-order valence-electron chi connectivity index (χ2n) is 7.30. The van der Waals surface area contributed by atoms with Gasteiger partial charge in [-0.25, -0.2) is 22.8 Å². The molecule has 0 bridgehead atoms. The van der Waals surface area contributed by atoms with Crippen molar-refractivity contribution in [3.05, 3.63) is 83.3 Å². The van der Waals surface area contributed by atoms with Gasteiger partial charge in [-0.15, -0.1) is 5.10 Å². The number of hydrogen-bond donors (Lipinski definition) is 1. The number of carbonyl (C=O) groups is 1. The van der Waals surface area contributed by atoms with Crippen molar-refractivity contribution in [2.24, 2.45) is 0 Å². The number of halogens is 1. The zero-order valence-corrected chi connectivity index (χ0v) is 17.6. The minimum atomic E-state index is -0.445. The number of benzene rings is 2. The van der Waals surface area contributed by atoms with Crippen molar-refractivity contribution >= 4 is 22.8 Å². The molecule has 2 aromatic carbocycles. The summed E-state index contributed by atoms with van der Waals surface area (Å²) >= 11 is 0. The lowest BCUT2D eigenvalue weighted by Gasteiger charge is -2.06. The average molecular weight is 446 g/mol. The number of nitrogens with zero attached hydrogens (tertiary/aromatic N) is 5. The molecule has 1 N–H and O–H groups in total. The number of fused-ring (bicyclic) bond motifs is 3. The van der Waals surface area contributed by atoms with Gasteiger partial charge in [0.05, 0.1) is 12.3 Å². The minimum Gasteiger partial charge on any atom is -0.494 e. The van der Waals surface area contributed by atoms with Gasteiger partial charge in [0.1, 0.15) is 23.6 Å². The van der Waals surface area contributed by atoms with Gasteiger partial charge in [0, 0.05) is 23.6 Å². The standard InChI is InChI=1S/C23H19FN6O3/c1-2-33-18-9-7-17(8-10-18)25-21(31)14-30-23(32)28-11-12-29-20(22(28)27-30)13-19(26-29)15-3-5-16(24)6-4-15/h3-13H,2,14H2,1H3,(H,25,31). The maximum absolute atomic E-state index is 13.2. The van der Waals surface area contributed by atoms with E-state index < -0.39 is 5.69 Å². The molecule has 0 radical (unpaired) electrons. The highest BCUT2D eigenvalue weighted by atomic mass is 19.1. The lowest BCUT2D eigenvalue weighted by atomic mass is 10.1. The average Bonchev–Trinajstić information content (AvgIpc) is 3.37. The third kappa shape index (κ3) is 3.93. The molecule has 3 heterocycles. The molecule has 0 saturated heterocycles. The number of nitrogens with one attached hydrogen (secondary N) is 1. The Morgan fingerprint density at radius 1 is 1.06 bits per heavy atom. The number of amides is 1. The van der Waals surface area contributed by atoms with E-state index in [4.69, 9.17) is 4.74 Å². The quantitative estimate of drug-likeness (QED) is 0.433. The number of ether oxygens (including phenoxy) is 1. The first-order chi connectivity index (χ1) is 16.0. The Morgan fingerprint density at radius 3 is 2.55 bits per heavy atom. The topological polar surface area (TPSA) is 94.9 Å². The molecule has 0 fully saturated rings. The van der Waals surface area contributed by atoms with Crippen molar-refractivity contribution in [3.63, 3.8) is 0 Å². The van der Waals surface area contributed by atoms with Crippen LogP contribution in [0.2, 0.25) is 0 Å². The van der Waals surface area contributed by atoms with Crippen molar-refractivity contribution in [2.75, 3.05) is 11.9 Å². The zero-order chi connectivity index (χ0) is 22.9. The van der Waals surface area contributed by atoms with E-state index >= 15 is 0 Å².